The van der Waals surface area contributed by atoms with Gasteiger partial charge in [0.2, 0.25) is 6.10 Å². The van der Waals surface area contributed by atoms with Crippen LogP contribution < -0.4 is 9.64 Å². The summed E-state index contributed by atoms with van der Waals surface area (Å²) in [6, 6.07) is 32.8. The van der Waals surface area contributed by atoms with E-state index in [-0.39, 0.29) is 6.03 Å². The number of rotatable bonds is 12. The number of amides is 2. The van der Waals surface area contributed by atoms with Gasteiger partial charge in [-0.3, -0.25) is 4.90 Å². The zero-order chi connectivity index (χ0) is 31.2. The largest absolute Gasteiger partial charge is 0.478 e. The minimum absolute atomic E-state index is 0.0208. The number of aryl methyl sites for hydroxylation is 1. The van der Waals surface area contributed by atoms with E-state index in [0.717, 1.165) is 65.9 Å². The first-order chi connectivity index (χ1) is 22.0. The van der Waals surface area contributed by atoms with Gasteiger partial charge in [-0.25, -0.2) is 14.6 Å². The van der Waals surface area contributed by atoms with Gasteiger partial charge in [-0.1, -0.05) is 86.1 Å². The number of urea groups is 1. The Balaban J connectivity index is 1.25. The van der Waals surface area contributed by atoms with Crippen molar-refractivity contribution in [1.29, 1.82) is 0 Å². The molecular weight excluding hydrogens is 564 g/mol. The lowest BCUT2D eigenvalue weighted by Crippen LogP contribution is -2.49. The molecule has 0 saturated carbocycles. The van der Waals surface area contributed by atoms with Gasteiger partial charge >= 0.3 is 12.0 Å². The number of ether oxygens (including phenoxy) is 1. The van der Waals surface area contributed by atoms with Crippen molar-refractivity contribution in [1.82, 2.24) is 14.5 Å². The number of carbonyl (C=O) groups excluding carboxylic acids is 1. The molecule has 2 heterocycles. The number of carbonyl (C=O) groups is 2. The SMILES string of the molecule is CCCCc1nc2ccc(N3CCCN(Cc4ccccc4)C3=O)cc2n1Cc1ccc(OC(C(=O)O)c2ccccc2)cc1. The number of aliphatic carboxylic acids is 1. The fourth-order valence-electron chi connectivity index (χ4n) is 5.88. The first-order valence-electron chi connectivity index (χ1n) is 15.6. The van der Waals surface area contributed by atoms with Crippen molar-refractivity contribution in [3.05, 3.63) is 126 Å². The molecule has 1 atom stereocenters. The number of carboxylic acids is 1. The molecule has 8 heteroatoms. The van der Waals surface area contributed by atoms with Crippen LogP contribution in [0, 0.1) is 0 Å². The van der Waals surface area contributed by atoms with Crippen LogP contribution in [0.15, 0.2) is 103 Å². The van der Waals surface area contributed by atoms with E-state index in [9.17, 15) is 14.7 Å². The maximum absolute atomic E-state index is 13.6. The summed E-state index contributed by atoms with van der Waals surface area (Å²) in [5, 5.41) is 9.77. The van der Waals surface area contributed by atoms with Gasteiger partial charge in [-0.2, -0.15) is 0 Å². The fourth-order valence-corrected chi connectivity index (χ4v) is 5.88. The van der Waals surface area contributed by atoms with Crippen molar-refractivity contribution in [3.63, 3.8) is 0 Å². The van der Waals surface area contributed by atoms with Crippen molar-refractivity contribution in [2.45, 2.75) is 51.8 Å². The Bertz CT molecular complexity index is 1750. The number of anilines is 1. The topological polar surface area (TPSA) is 87.9 Å². The first kappa shape index (κ1) is 29.9. The number of imidazole rings is 1. The molecule has 0 radical (unpaired) electrons. The smallest absolute Gasteiger partial charge is 0.349 e. The summed E-state index contributed by atoms with van der Waals surface area (Å²) in [7, 11) is 0. The van der Waals surface area contributed by atoms with Crippen LogP contribution in [-0.2, 0) is 24.3 Å². The van der Waals surface area contributed by atoms with Crippen LogP contribution in [0.2, 0.25) is 0 Å². The molecule has 1 N–H and O–H groups in total. The predicted octanol–water partition coefficient (Wildman–Crippen LogP) is 7.46. The summed E-state index contributed by atoms with van der Waals surface area (Å²) < 4.78 is 8.12. The molecular formula is C37H38N4O4. The maximum Gasteiger partial charge on any atom is 0.349 e. The minimum atomic E-state index is -1.09. The Kier molecular flexibility index (Phi) is 9.10. The van der Waals surface area contributed by atoms with Gasteiger partial charge in [-0.05, 0) is 54.3 Å². The molecule has 1 aliphatic heterocycles. The van der Waals surface area contributed by atoms with Gasteiger partial charge in [0, 0.05) is 43.9 Å². The van der Waals surface area contributed by atoms with Gasteiger partial charge in [0.15, 0.2) is 0 Å². The van der Waals surface area contributed by atoms with Crippen molar-refractivity contribution < 1.29 is 19.4 Å². The zero-order valence-corrected chi connectivity index (χ0v) is 25.5. The van der Waals surface area contributed by atoms with Crippen molar-refractivity contribution in [2.75, 3.05) is 18.0 Å². The predicted molar refractivity (Wildman–Crippen MR) is 176 cm³/mol. The highest BCUT2D eigenvalue weighted by Gasteiger charge is 2.27. The van der Waals surface area contributed by atoms with Crippen LogP contribution in [-0.4, -0.2) is 44.6 Å². The number of aromatic nitrogens is 2. The average Bonchev–Trinajstić information content (AvgIpc) is 3.41. The van der Waals surface area contributed by atoms with Crippen LogP contribution in [0.3, 0.4) is 0 Å². The number of hydrogen-bond donors (Lipinski definition) is 1. The Morgan fingerprint density at radius 1 is 0.889 bits per heavy atom. The quantitative estimate of drug-likeness (QED) is 0.160. The number of hydrogen-bond acceptors (Lipinski definition) is 4. The third-order valence-corrected chi connectivity index (χ3v) is 8.25. The van der Waals surface area contributed by atoms with E-state index in [0.29, 0.717) is 30.9 Å². The van der Waals surface area contributed by atoms with Crippen molar-refractivity contribution >= 4 is 28.7 Å². The summed E-state index contributed by atoms with van der Waals surface area (Å²) in [5.41, 5.74) is 5.52. The Labute approximate surface area is 263 Å². The average molecular weight is 603 g/mol. The summed E-state index contributed by atoms with van der Waals surface area (Å²) in [6.45, 7) is 4.77. The van der Waals surface area contributed by atoms with E-state index in [1.807, 2.05) is 70.5 Å². The maximum atomic E-state index is 13.6. The van der Waals surface area contributed by atoms with Gasteiger partial charge in [-0.15, -0.1) is 0 Å². The van der Waals surface area contributed by atoms with E-state index >= 15 is 0 Å². The molecule has 0 spiro atoms. The second-order valence-electron chi connectivity index (χ2n) is 11.5. The van der Waals surface area contributed by atoms with Crippen LogP contribution in [0.1, 0.15) is 54.8 Å². The molecule has 2 amide bonds. The molecule has 1 unspecified atom stereocenters. The molecule has 8 nitrogen and oxygen atoms in total. The van der Waals surface area contributed by atoms with Gasteiger partial charge in [0.05, 0.1) is 11.0 Å². The third-order valence-electron chi connectivity index (χ3n) is 8.25. The Morgan fingerprint density at radius 2 is 1.60 bits per heavy atom. The highest BCUT2D eigenvalue weighted by atomic mass is 16.5. The summed E-state index contributed by atoms with van der Waals surface area (Å²) in [6.07, 6.45) is 2.76. The summed E-state index contributed by atoms with van der Waals surface area (Å²) >= 11 is 0. The lowest BCUT2D eigenvalue weighted by atomic mass is 10.1. The first-order valence-corrected chi connectivity index (χ1v) is 15.6. The molecule has 5 aromatic rings. The second kappa shape index (κ2) is 13.7. The van der Waals surface area contributed by atoms with E-state index in [1.165, 1.54) is 0 Å². The Hall–Kier alpha value is -5.11. The zero-order valence-electron chi connectivity index (χ0n) is 25.5. The minimum Gasteiger partial charge on any atom is -0.478 e. The van der Waals surface area contributed by atoms with E-state index < -0.39 is 12.1 Å². The van der Waals surface area contributed by atoms with Crippen LogP contribution in [0.5, 0.6) is 5.75 Å². The normalized spacial score (nSPS) is 14.1. The molecule has 1 saturated heterocycles. The van der Waals surface area contributed by atoms with E-state index in [1.54, 1.807) is 24.3 Å². The van der Waals surface area contributed by atoms with Crippen LogP contribution in [0.4, 0.5) is 10.5 Å². The molecule has 1 aromatic heterocycles. The summed E-state index contributed by atoms with van der Waals surface area (Å²) in [4.78, 5) is 34.3. The van der Waals surface area contributed by atoms with E-state index in [2.05, 4.69) is 29.7 Å². The molecule has 1 aliphatic rings. The molecule has 6 rings (SSSR count). The van der Waals surface area contributed by atoms with Crippen molar-refractivity contribution in [3.8, 4) is 5.75 Å². The standard InChI is InChI=1S/C37H38N4O4/c1-2-3-15-34-38-32-21-18-30(40-23-10-22-39(37(40)44)25-27-11-6-4-7-12-27)24-33(32)41(34)26-28-16-19-31(20-17-28)45-35(36(42)43)29-13-8-5-9-14-29/h4-9,11-14,16-21,24,35H,2-3,10,15,22-23,25-26H2,1H3,(H,42,43). The van der Waals surface area contributed by atoms with Crippen molar-refractivity contribution in [2.24, 2.45) is 0 Å². The lowest BCUT2D eigenvalue weighted by molar-refractivity contribution is -0.145. The number of unbranched alkanes of at least 4 members (excludes halogenated alkanes) is 1. The Morgan fingerprint density at radius 3 is 2.31 bits per heavy atom. The van der Waals surface area contributed by atoms with Crippen LogP contribution in [0.25, 0.3) is 11.0 Å². The van der Waals surface area contributed by atoms with Gasteiger partial charge < -0.3 is 19.3 Å². The molecule has 1 fully saturated rings. The van der Waals surface area contributed by atoms with Gasteiger partial charge in [0.25, 0.3) is 0 Å². The lowest BCUT2D eigenvalue weighted by Gasteiger charge is -2.35. The third kappa shape index (κ3) is 6.85. The number of benzene rings is 4. The van der Waals surface area contributed by atoms with Crippen LogP contribution >= 0.6 is 0 Å². The van der Waals surface area contributed by atoms with Gasteiger partial charge in [0.1, 0.15) is 11.6 Å². The number of fused-ring (bicyclic) bond motifs is 1. The number of carboxylic acid groups (broad SMARTS) is 1. The molecule has 0 bridgehead atoms. The summed E-state index contributed by atoms with van der Waals surface area (Å²) in [5.74, 6) is 0.458. The highest BCUT2D eigenvalue weighted by Crippen LogP contribution is 2.29. The van der Waals surface area contributed by atoms with E-state index in [4.69, 9.17) is 9.72 Å². The monoisotopic (exact) mass is 602 g/mol. The molecule has 230 valence electrons. The number of nitrogens with zero attached hydrogens (tertiary/aromatic N) is 4. The molecule has 4 aromatic carbocycles. The fraction of sp³-hybridized carbons (Fsp3) is 0.270. The second-order valence-corrected chi connectivity index (χ2v) is 11.5. The molecule has 0 aliphatic carbocycles. The highest BCUT2D eigenvalue weighted by molar-refractivity contribution is 5.95. The molecule has 45 heavy (non-hydrogen) atoms.